The molecule has 0 N–H and O–H groups in total. The summed E-state index contributed by atoms with van der Waals surface area (Å²) in [5, 5.41) is 0. The Kier molecular flexibility index (Phi) is 1.78. The lowest BCUT2D eigenvalue weighted by atomic mass is 10.1. The molecular weight excluding hydrogens is 146 g/mol. The van der Waals surface area contributed by atoms with Crippen LogP contribution in [-0.4, -0.2) is 4.98 Å². The van der Waals surface area contributed by atoms with Crippen LogP contribution in [0.1, 0.15) is 18.1 Å². The third-order valence-corrected chi connectivity index (χ3v) is 2.11. The van der Waals surface area contributed by atoms with Gasteiger partial charge in [-0.2, -0.15) is 0 Å². The molecule has 0 aliphatic heterocycles. The predicted octanol–water partition coefficient (Wildman–Crippen LogP) is 2.60. The van der Waals surface area contributed by atoms with Crippen molar-refractivity contribution in [2.24, 2.45) is 0 Å². The molecule has 1 aliphatic rings. The molecule has 0 aromatic carbocycles. The van der Waals surface area contributed by atoms with E-state index in [9.17, 15) is 0 Å². The molecule has 0 fully saturated rings. The van der Waals surface area contributed by atoms with Gasteiger partial charge in [0.15, 0.2) is 0 Å². The molecule has 12 heavy (non-hydrogen) atoms. The first-order chi connectivity index (χ1) is 5.86. The van der Waals surface area contributed by atoms with Crippen LogP contribution in [-0.2, 0) is 6.42 Å². The van der Waals surface area contributed by atoms with Crippen molar-refractivity contribution in [3.8, 4) is 0 Å². The van der Waals surface area contributed by atoms with Gasteiger partial charge in [0.25, 0.3) is 0 Å². The van der Waals surface area contributed by atoms with Crippen molar-refractivity contribution >= 4 is 6.08 Å². The molecule has 2 rings (SSSR count). The SMILES string of the molecule is CC1=CCc2cnccc2C=C1. The predicted molar refractivity (Wildman–Crippen MR) is 50.7 cm³/mol. The van der Waals surface area contributed by atoms with Crippen LogP contribution < -0.4 is 0 Å². The summed E-state index contributed by atoms with van der Waals surface area (Å²) in [4.78, 5) is 4.10. The molecule has 0 radical (unpaired) electrons. The van der Waals surface area contributed by atoms with Gasteiger partial charge in [0.2, 0.25) is 0 Å². The third kappa shape index (κ3) is 1.30. The summed E-state index contributed by atoms with van der Waals surface area (Å²) >= 11 is 0. The van der Waals surface area contributed by atoms with E-state index in [2.05, 4.69) is 36.2 Å². The molecule has 0 atom stereocenters. The number of fused-ring (bicyclic) bond motifs is 1. The lowest BCUT2D eigenvalue weighted by Crippen LogP contribution is -1.86. The summed E-state index contributed by atoms with van der Waals surface area (Å²) in [7, 11) is 0. The molecule has 0 bridgehead atoms. The van der Waals surface area contributed by atoms with Gasteiger partial charge in [0.1, 0.15) is 0 Å². The van der Waals surface area contributed by atoms with Crippen molar-refractivity contribution in [2.75, 3.05) is 0 Å². The lowest BCUT2D eigenvalue weighted by molar-refractivity contribution is 1.18. The van der Waals surface area contributed by atoms with E-state index in [1.807, 2.05) is 12.4 Å². The molecule has 0 amide bonds. The average Bonchev–Trinajstić information content (AvgIpc) is 2.29. The van der Waals surface area contributed by atoms with E-state index in [0.717, 1.165) is 6.42 Å². The molecule has 0 saturated heterocycles. The Labute approximate surface area is 72.5 Å². The number of hydrogen-bond donors (Lipinski definition) is 0. The highest BCUT2D eigenvalue weighted by Gasteiger charge is 2.00. The molecule has 1 aromatic rings. The van der Waals surface area contributed by atoms with Gasteiger partial charge in [-0.1, -0.05) is 23.8 Å². The summed E-state index contributed by atoms with van der Waals surface area (Å²) in [6, 6.07) is 2.05. The van der Waals surface area contributed by atoms with E-state index in [-0.39, 0.29) is 0 Å². The maximum Gasteiger partial charge on any atom is 0.0309 e. The number of pyridine rings is 1. The van der Waals surface area contributed by atoms with Crippen LogP contribution in [0.3, 0.4) is 0 Å². The summed E-state index contributed by atoms with van der Waals surface area (Å²) in [5.74, 6) is 0. The third-order valence-electron chi connectivity index (χ3n) is 2.11. The van der Waals surface area contributed by atoms with Crippen LogP contribution in [0.2, 0.25) is 0 Å². The van der Waals surface area contributed by atoms with Gasteiger partial charge >= 0.3 is 0 Å². The smallest absolute Gasteiger partial charge is 0.0309 e. The largest absolute Gasteiger partial charge is 0.264 e. The maximum atomic E-state index is 4.10. The van der Waals surface area contributed by atoms with Crippen LogP contribution >= 0.6 is 0 Å². The van der Waals surface area contributed by atoms with Crippen molar-refractivity contribution in [3.05, 3.63) is 47.3 Å². The second-order valence-electron chi connectivity index (χ2n) is 3.06. The summed E-state index contributed by atoms with van der Waals surface area (Å²) in [6.07, 6.45) is 11.3. The van der Waals surface area contributed by atoms with E-state index < -0.39 is 0 Å². The average molecular weight is 157 g/mol. The minimum atomic E-state index is 1.00. The van der Waals surface area contributed by atoms with Gasteiger partial charge in [-0.05, 0) is 30.5 Å². The second-order valence-corrected chi connectivity index (χ2v) is 3.06. The lowest BCUT2D eigenvalue weighted by Gasteiger charge is -1.98. The van der Waals surface area contributed by atoms with Crippen LogP contribution in [0.4, 0.5) is 0 Å². The van der Waals surface area contributed by atoms with E-state index in [1.165, 1.54) is 16.7 Å². The minimum Gasteiger partial charge on any atom is -0.264 e. The zero-order valence-electron chi connectivity index (χ0n) is 7.12. The first-order valence-corrected chi connectivity index (χ1v) is 4.14. The number of hydrogen-bond acceptors (Lipinski definition) is 1. The molecule has 1 heterocycles. The van der Waals surface area contributed by atoms with E-state index >= 15 is 0 Å². The standard InChI is InChI=1S/C11H11N/c1-9-2-4-10-6-7-12-8-11(10)5-3-9/h2-4,6-8H,5H2,1H3. The first-order valence-electron chi connectivity index (χ1n) is 4.14. The Bertz CT molecular complexity index is 348. The highest BCUT2D eigenvalue weighted by molar-refractivity contribution is 5.57. The summed E-state index contributed by atoms with van der Waals surface area (Å²) in [5.41, 5.74) is 3.93. The zero-order valence-corrected chi connectivity index (χ0v) is 7.12. The van der Waals surface area contributed by atoms with Gasteiger partial charge in [-0.15, -0.1) is 0 Å². The first kappa shape index (κ1) is 7.29. The molecule has 0 spiro atoms. The van der Waals surface area contributed by atoms with Crippen LogP contribution in [0.5, 0.6) is 0 Å². The van der Waals surface area contributed by atoms with Crippen molar-refractivity contribution in [1.29, 1.82) is 0 Å². The van der Waals surface area contributed by atoms with Gasteiger partial charge in [-0.3, -0.25) is 4.98 Å². The van der Waals surface area contributed by atoms with Crippen molar-refractivity contribution in [2.45, 2.75) is 13.3 Å². The van der Waals surface area contributed by atoms with Gasteiger partial charge in [0.05, 0.1) is 0 Å². The Morgan fingerprint density at radius 1 is 1.33 bits per heavy atom. The fraction of sp³-hybridized carbons (Fsp3) is 0.182. The van der Waals surface area contributed by atoms with Gasteiger partial charge < -0.3 is 0 Å². The number of rotatable bonds is 0. The summed E-state index contributed by atoms with van der Waals surface area (Å²) < 4.78 is 0. The Morgan fingerprint density at radius 3 is 3.17 bits per heavy atom. The number of nitrogens with zero attached hydrogens (tertiary/aromatic N) is 1. The molecule has 1 aliphatic carbocycles. The van der Waals surface area contributed by atoms with E-state index in [0.29, 0.717) is 0 Å². The molecule has 60 valence electrons. The Hall–Kier alpha value is -1.37. The highest BCUT2D eigenvalue weighted by atomic mass is 14.6. The van der Waals surface area contributed by atoms with E-state index in [4.69, 9.17) is 0 Å². The van der Waals surface area contributed by atoms with Crippen molar-refractivity contribution in [3.63, 3.8) is 0 Å². The Morgan fingerprint density at radius 2 is 2.25 bits per heavy atom. The topological polar surface area (TPSA) is 12.9 Å². The normalized spacial score (nSPS) is 14.9. The fourth-order valence-corrected chi connectivity index (χ4v) is 1.33. The molecule has 1 nitrogen and oxygen atoms in total. The zero-order chi connectivity index (χ0) is 8.39. The van der Waals surface area contributed by atoms with Crippen LogP contribution in [0.15, 0.2) is 36.2 Å². The van der Waals surface area contributed by atoms with Crippen molar-refractivity contribution < 1.29 is 0 Å². The monoisotopic (exact) mass is 157 g/mol. The second kappa shape index (κ2) is 2.94. The molecule has 0 saturated carbocycles. The van der Waals surface area contributed by atoms with Gasteiger partial charge in [0, 0.05) is 12.4 Å². The minimum absolute atomic E-state index is 1.00. The quantitative estimate of drug-likeness (QED) is 0.564. The van der Waals surface area contributed by atoms with Crippen molar-refractivity contribution in [1.82, 2.24) is 4.98 Å². The molecule has 1 heteroatoms. The Balaban J connectivity index is 2.48. The highest BCUT2D eigenvalue weighted by Crippen LogP contribution is 2.16. The maximum absolute atomic E-state index is 4.10. The molecule has 0 unspecified atom stereocenters. The van der Waals surface area contributed by atoms with Gasteiger partial charge in [-0.25, -0.2) is 0 Å². The fourth-order valence-electron chi connectivity index (χ4n) is 1.33. The molecular formula is C11H11N. The number of aromatic nitrogens is 1. The summed E-state index contributed by atoms with van der Waals surface area (Å²) in [6.45, 7) is 2.12. The number of allylic oxidation sites excluding steroid dienone is 3. The van der Waals surface area contributed by atoms with E-state index in [1.54, 1.807) is 0 Å². The van der Waals surface area contributed by atoms with Crippen LogP contribution in [0.25, 0.3) is 6.08 Å². The van der Waals surface area contributed by atoms with Crippen LogP contribution in [0, 0.1) is 0 Å². The molecule has 1 aromatic heterocycles.